The fourth-order valence-electron chi connectivity index (χ4n) is 2.66. The zero-order valence-corrected chi connectivity index (χ0v) is 13.5. The summed E-state index contributed by atoms with van der Waals surface area (Å²) >= 11 is 0. The molecule has 1 unspecified atom stereocenters. The molecule has 0 bridgehead atoms. The van der Waals surface area contributed by atoms with Crippen LogP contribution in [0.3, 0.4) is 0 Å². The monoisotopic (exact) mass is 306 g/mol. The fourth-order valence-corrected chi connectivity index (χ4v) is 2.66. The molecular weight excluding hydrogens is 280 g/mol. The number of ether oxygens (including phenoxy) is 1. The largest absolute Gasteiger partial charge is 0.491 e. The summed E-state index contributed by atoms with van der Waals surface area (Å²) in [7, 11) is 0. The molecule has 0 aliphatic carbocycles. The Bertz CT molecular complexity index is 505. The van der Waals surface area contributed by atoms with E-state index in [1.165, 1.54) is 0 Å². The number of carbonyl (C=O) groups is 1. The molecule has 1 aliphatic rings. The number of hydrogen-bond acceptors (Lipinski definition) is 3. The first-order valence-corrected chi connectivity index (χ1v) is 8.04. The number of anilines is 1. The van der Waals surface area contributed by atoms with Crippen molar-refractivity contribution < 1.29 is 14.6 Å². The standard InChI is InChI=1S/C17H26N2O3/c1-3-9-22-16-10-13(2)6-7-15(16)18-17(21)19-8-4-5-14(11-19)12-20/h6-7,10,14,20H,3-5,8-9,11-12H2,1-2H3,(H,18,21). The van der Waals surface area contributed by atoms with E-state index in [2.05, 4.69) is 12.2 Å². The van der Waals surface area contributed by atoms with Crippen molar-refractivity contribution in [2.75, 3.05) is 31.6 Å². The maximum atomic E-state index is 12.4. The Labute approximate surface area is 132 Å². The first-order chi connectivity index (χ1) is 10.6. The lowest BCUT2D eigenvalue weighted by molar-refractivity contribution is 0.136. The van der Waals surface area contributed by atoms with E-state index in [0.29, 0.717) is 24.6 Å². The average molecular weight is 306 g/mol. The van der Waals surface area contributed by atoms with Crippen LogP contribution in [-0.2, 0) is 0 Å². The van der Waals surface area contributed by atoms with Crippen LogP contribution in [-0.4, -0.2) is 42.3 Å². The number of aliphatic hydroxyl groups is 1. The van der Waals surface area contributed by atoms with E-state index in [0.717, 1.165) is 31.4 Å². The molecule has 1 fully saturated rings. The van der Waals surface area contributed by atoms with Gasteiger partial charge in [-0.15, -0.1) is 0 Å². The van der Waals surface area contributed by atoms with Gasteiger partial charge < -0.3 is 20.1 Å². The summed E-state index contributed by atoms with van der Waals surface area (Å²) in [6, 6.07) is 5.66. The van der Waals surface area contributed by atoms with Crippen molar-refractivity contribution in [3.8, 4) is 5.75 Å². The molecule has 2 N–H and O–H groups in total. The van der Waals surface area contributed by atoms with Crippen molar-refractivity contribution in [1.82, 2.24) is 4.90 Å². The number of amides is 2. The van der Waals surface area contributed by atoms with Crippen LogP contribution < -0.4 is 10.1 Å². The predicted molar refractivity (Wildman–Crippen MR) is 87.4 cm³/mol. The highest BCUT2D eigenvalue weighted by Crippen LogP contribution is 2.27. The topological polar surface area (TPSA) is 61.8 Å². The van der Waals surface area contributed by atoms with Gasteiger partial charge in [0.25, 0.3) is 0 Å². The number of benzene rings is 1. The summed E-state index contributed by atoms with van der Waals surface area (Å²) in [5, 5.41) is 12.2. The molecule has 1 aliphatic heterocycles. The van der Waals surface area contributed by atoms with Crippen LogP contribution in [0.25, 0.3) is 0 Å². The minimum atomic E-state index is -0.122. The van der Waals surface area contributed by atoms with E-state index in [-0.39, 0.29) is 18.6 Å². The summed E-state index contributed by atoms with van der Waals surface area (Å²) in [5.74, 6) is 0.902. The Morgan fingerprint density at radius 3 is 3.05 bits per heavy atom. The molecule has 1 aromatic rings. The molecule has 2 rings (SSSR count). The fraction of sp³-hybridized carbons (Fsp3) is 0.588. The average Bonchev–Trinajstić information content (AvgIpc) is 2.55. The van der Waals surface area contributed by atoms with Crippen molar-refractivity contribution in [2.45, 2.75) is 33.1 Å². The third-order valence-electron chi connectivity index (χ3n) is 3.90. The van der Waals surface area contributed by atoms with Crippen molar-refractivity contribution in [1.29, 1.82) is 0 Å². The van der Waals surface area contributed by atoms with Crippen molar-refractivity contribution in [2.24, 2.45) is 5.92 Å². The number of aliphatic hydroxyl groups excluding tert-OH is 1. The van der Waals surface area contributed by atoms with Gasteiger partial charge in [-0.2, -0.15) is 0 Å². The van der Waals surface area contributed by atoms with E-state index in [1.807, 2.05) is 25.1 Å². The third kappa shape index (κ3) is 4.37. The minimum absolute atomic E-state index is 0.122. The van der Waals surface area contributed by atoms with Gasteiger partial charge in [0.1, 0.15) is 5.75 Å². The molecule has 0 spiro atoms. The normalized spacial score (nSPS) is 18.1. The molecule has 2 amide bonds. The second-order valence-corrected chi connectivity index (χ2v) is 5.92. The van der Waals surface area contributed by atoms with Crippen LogP contribution in [0, 0.1) is 12.8 Å². The van der Waals surface area contributed by atoms with Crippen molar-refractivity contribution in [3.63, 3.8) is 0 Å². The lowest BCUT2D eigenvalue weighted by Crippen LogP contribution is -2.43. The highest BCUT2D eigenvalue weighted by molar-refractivity contribution is 5.91. The number of urea groups is 1. The molecule has 0 saturated carbocycles. The number of aryl methyl sites for hydroxylation is 1. The number of likely N-dealkylation sites (tertiary alicyclic amines) is 1. The van der Waals surface area contributed by atoms with Gasteiger partial charge in [0.15, 0.2) is 0 Å². The Morgan fingerprint density at radius 2 is 2.32 bits per heavy atom. The molecule has 1 heterocycles. The summed E-state index contributed by atoms with van der Waals surface area (Å²) in [4.78, 5) is 14.2. The maximum absolute atomic E-state index is 12.4. The predicted octanol–water partition coefficient (Wildman–Crippen LogP) is 3.02. The van der Waals surface area contributed by atoms with Crippen LogP contribution in [0.15, 0.2) is 18.2 Å². The molecule has 122 valence electrons. The van der Waals surface area contributed by atoms with E-state index in [9.17, 15) is 9.90 Å². The molecule has 1 atom stereocenters. The molecule has 5 nitrogen and oxygen atoms in total. The molecule has 0 radical (unpaired) electrons. The van der Waals surface area contributed by atoms with Gasteiger partial charge in [0.2, 0.25) is 0 Å². The Morgan fingerprint density at radius 1 is 1.50 bits per heavy atom. The van der Waals surface area contributed by atoms with E-state index < -0.39 is 0 Å². The Kier molecular flexibility index (Phi) is 6.07. The van der Waals surface area contributed by atoms with Crippen LogP contribution in [0.5, 0.6) is 5.75 Å². The number of piperidine rings is 1. The maximum Gasteiger partial charge on any atom is 0.321 e. The SMILES string of the molecule is CCCOc1cc(C)ccc1NC(=O)N1CCCC(CO)C1. The Hall–Kier alpha value is -1.75. The van der Waals surface area contributed by atoms with E-state index >= 15 is 0 Å². The lowest BCUT2D eigenvalue weighted by Gasteiger charge is -2.32. The first-order valence-electron chi connectivity index (χ1n) is 8.04. The minimum Gasteiger partial charge on any atom is -0.491 e. The zero-order chi connectivity index (χ0) is 15.9. The summed E-state index contributed by atoms with van der Waals surface area (Å²) in [6.07, 6.45) is 2.84. The highest BCUT2D eigenvalue weighted by atomic mass is 16.5. The molecule has 1 saturated heterocycles. The number of carbonyl (C=O) groups excluding carboxylic acids is 1. The highest BCUT2D eigenvalue weighted by Gasteiger charge is 2.23. The molecule has 0 aromatic heterocycles. The smallest absolute Gasteiger partial charge is 0.321 e. The molecule has 22 heavy (non-hydrogen) atoms. The quantitative estimate of drug-likeness (QED) is 0.879. The van der Waals surface area contributed by atoms with Crippen LogP contribution >= 0.6 is 0 Å². The summed E-state index contributed by atoms with van der Waals surface area (Å²) < 4.78 is 5.72. The summed E-state index contributed by atoms with van der Waals surface area (Å²) in [6.45, 7) is 6.16. The number of rotatable bonds is 5. The zero-order valence-electron chi connectivity index (χ0n) is 13.5. The van der Waals surface area contributed by atoms with Crippen molar-refractivity contribution in [3.05, 3.63) is 23.8 Å². The van der Waals surface area contributed by atoms with E-state index in [1.54, 1.807) is 4.90 Å². The first kappa shape index (κ1) is 16.6. The van der Waals surface area contributed by atoms with Gasteiger partial charge in [0.05, 0.1) is 12.3 Å². The van der Waals surface area contributed by atoms with Gasteiger partial charge in [0, 0.05) is 19.7 Å². The van der Waals surface area contributed by atoms with E-state index in [4.69, 9.17) is 4.74 Å². The van der Waals surface area contributed by atoms with Gasteiger partial charge in [-0.25, -0.2) is 4.79 Å². The Balaban J connectivity index is 2.04. The van der Waals surface area contributed by atoms with Crippen LogP contribution in [0.1, 0.15) is 31.7 Å². The number of nitrogens with one attached hydrogen (secondary N) is 1. The number of hydrogen-bond donors (Lipinski definition) is 2. The van der Waals surface area contributed by atoms with Gasteiger partial charge in [-0.05, 0) is 49.8 Å². The molecule has 5 heteroatoms. The van der Waals surface area contributed by atoms with Gasteiger partial charge in [-0.1, -0.05) is 13.0 Å². The van der Waals surface area contributed by atoms with Gasteiger partial charge >= 0.3 is 6.03 Å². The van der Waals surface area contributed by atoms with Crippen molar-refractivity contribution >= 4 is 11.7 Å². The van der Waals surface area contributed by atoms with Crippen LogP contribution in [0.4, 0.5) is 10.5 Å². The third-order valence-corrected chi connectivity index (χ3v) is 3.90. The number of nitrogens with zero attached hydrogens (tertiary/aromatic N) is 1. The summed E-state index contributed by atoms with van der Waals surface area (Å²) in [5.41, 5.74) is 1.80. The second kappa shape index (κ2) is 8.03. The molecular formula is C17H26N2O3. The van der Waals surface area contributed by atoms with Gasteiger partial charge in [-0.3, -0.25) is 0 Å². The molecule has 1 aromatic carbocycles. The van der Waals surface area contributed by atoms with Crippen LogP contribution in [0.2, 0.25) is 0 Å². The lowest BCUT2D eigenvalue weighted by atomic mass is 9.99. The second-order valence-electron chi connectivity index (χ2n) is 5.92.